The van der Waals surface area contributed by atoms with Crippen LogP contribution in [-0.2, 0) is 6.42 Å². The fourth-order valence-electron chi connectivity index (χ4n) is 1.54. The van der Waals surface area contributed by atoms with Gasteiger partial charge in [-0.1, -0.05) is 25.5 Å². The van der Waals surface area contributed by atoms with E-state index in [1.165, 1.54) is 31.8 Å². The maximum atomic E-state index is 8.96. The molecule has 0 aliphatic heterocycles. The second kappa shape index (κ2) is 6.28. The van der Waals surface area contributed by atoms with Gasteiger partial charge < -0.3 is 0 Å². The lowest BCUT2D eigenvalue weighted by Crippen LogP contribution is -2.08. The highest BCUT2D eigenvalue weighted by molar-refractivity contribution is 5.62. The van der Waals surface area contributed by atoms with Gasteiger partial charge in [0.05, 0.1) is 5.69 Å². The van der Waals surface area contributed by atoms with Crippen LogP contribution in [-0.4, -0.2) is 23.7 Å². The summed E-state index contributed by atoms with van der Waals surface area (Å²) in [5.74, 6) is 0. The first-order valence-electron chi connectivity index (χ1n) is 5.69. The van der Waals surface area contributed by atoms with Crippen molar-refractivity contribution in [2.75, 3.05) is 7.05 Å². The minimum Gasteiger partial charge on any atom is -0.288 e. The van der Waals surface area contributed by atoms with Gasteiger partial charge in [-0.15, -0.1) is 0 Å². The highest BCUT2D eigenvalue weighted by Crippen LogP contribution is 2.20. The van der Waals surface area contributed by atoms with Gasteiger partial charge in [-0.3, -0.25) is 5.21 Å². The van der Waals surface area contributed by atoms with Crippen molar-refractivity contribution in [3.8, 4) is 0 Å². The van der Waals surface area contributed by atoms with E-state index in [-0.39, 0.29) is 0 Å². The van der Waals surface area contributed by atoms with Gasteiger partial charge in [0.15, 0.2) is 0 Å². The van der Waals surface area contributed by atoms with Crippen molar-refractivity contribution >= 4 is 12.0 Å². The third-order valence-corrected chi connectivity index (χ3v) is 2.44. The average Bonchev–Trinajstić information content (AvgIpc) is 2.24. The molecule has 0 heterocycles. The van der Waals surface area contributed by atoms with Crippen LogP contribution in [0.2, 0.25) is 0 Å². The van der Waals surface area contributed by atoms with Gasteiger partial charge in [-0.2, -0.15) is 0 Å². The fraction of sp³-hybridized carbons (Fsp3) is 0.462. The molecular weight excluding hydrogens is 200 g/mol. The van der Waals surface area contributed by atoms with Crippen molar-refractivity contribution in [2.24, 2.45) is 4.99 Å². The Kier molecular flexibility index (Phi) is 4.99. The van der Waals surface area contributed by atoms with Crippen molar-refractivity contribution < 1.29 is 5.21 Å². The summed E-state index contributed by atoms with van der Waals surface area (Å²) in [4.78, 5) is 4.18. The van der Waals surface area contributed by atoms with Crippen LogP contribution in [0.3, 0.4) is 0 Å². The lowest BCUT2D eigenvalue weighted by atomic mass is 10.0. The summed E-state index contributed by atoms with van der Waals surface area (Å²) in [6.45, 7) is 4.24. The number of aliphatic imine (C=N–C) groups is 1. The average molecular weight is 220 g/mol. The molecule has 0 saturated carbocycles. The van der Waals surface area contributed by atoms with Crippen molar-refractivity contribution in [3.05, 3.63) is 29.3 Å². The number of hydroxylamine groups is 2. The molecule has 0 bridgehead atoms. The van der Waals surface area contributed by atoms with Crippen LogP contribution in [0.25, 0.3) is 0 Å². The van der Waals surface area contributed by atoms with Crippen molar-refractivity contribution in [2.45, 2.75) is 33.1 Å². The number of hydrogen-bond donors (Lipinski definition) is 1. The zero-order valence-corrected chi connectivity index (χ0v) is 10.3. The molecule has 1 rings (SSSR count). The molecule has 0 amide bonds. The van der Waals surface area contributed by atoms with Crippen LogP contribution < -0.4 is 0 Å². The summed E-state index contributed by atoms with van der Waals surface area (Å²) in [7, 11) is 1.54. The minimum absolute atomic E-state index is 0.904. The van der Waals surface area contributed by atoms with E-state index in [1.807, 2.05) is 13.0 Å². The van der Waals surface area contributed by atoms with E-state index in [0.717, 1.165) is 22.7 Å². The first-order valence-corrected chi connectivity index (χ1v) is 5.69. The second-order valence-corrected chi connectivity index (χ2v) is 4.04. The Hall–Kier alpha value is -1.35. The smallest absolute Gasteiger partial charge is 0.116 e. The molecular formula is C13H20N2O. The number of unbranched alkanes of at least 4 members (excludes halogenated alkanes) is 1. The lowest BCUT2D eigenvalue weighted by molar-refractivity contribution is 0.0200. The number of hydrogen-bond acceptors (Lipinski definition) is 2. The first-order chi connectivity index (χ1) is 7.63. The molecule has 0 aliphatic rings. The summed E-state index contributed by atoms with van der Waals surface area (Å²) in [5, 5.41) is 9.91. The molecule has 0 radical (unpaired) electrons. The lowest BCUT2D eigenvalue weighted by Gasteiger charge is -2.06. The van der Waals surface area contributed by atoms with E-state index < -0.39 is 0 Å². The Balaban J connectivity index is 2.75. The minimum atomic E-state index is 0.904. The standard InChI is InChI=1S/C13H20N2O/c1-4-5-6-12-7-8-13(11(2)9-12)14-10-15(3)16/h7-10,16H,4-6H2,1-3H3/b14-10+. The predicted octanol–water partition coefficient (Wildman–Crippen LogP) is 3.32. The molecule has 0 aliphatic carbocycles. The van der Waals surface area contributed by atoms with Gasteiger partial charge in [0.1, 0.15) is 6.34 Å². The van der Waals surface area contributed by atoms with Gasteiger partial charge in [-0.05, 0) is 37.0 Å². The number of aryl methyl sites for hydroxylation is 2. The van der Waals surface area contributed by atoms with Gasteiger partial charge in [0.2, 0.25) is 0 Å². The van der Waals surface area contributed by atoms with Crippen LogP contribution in [0.1, 0.15) is 30.9 Å². The molecule has 1 aromatic carbocycles. The van der Waals surface area contributed by atoms with E-state index in [2.05, 4.69) is 24.0 Å². The molecule has 0 unspecified atom stereocenters. The Labute approximate surface area is 97.4 Å². The monoisotopic (exact) mass is 220 g/mol. The third kappa shape index (κ3) is 4.03. The van der Waals surface area contributed by atoms with Gasteiger partial charge in [0, 0.05) is 7.05 Å². The molecule has 88 valence electrons. The zero-order valence-electron chi connectivity index (χ0n) is 10.3. The summed E-state index contributed by atoms with van der Waals surface area (Å²) in [6.07, 6.45) is 4.96. The van der Waals surface area contributed by atoms with E-state index in [4.69, 9.17) is 5.21 Å². The van der Waals surface area contributed by atoms with Crippen molar-refractivity contribution in [3.63, 3.8) is 0 Å². The van der Waals surface area contributed by atoms with Gasteiger partial charge >= 0.3 is 0 Å². The first kappa shape index (κ1) is 12.7. The summed E-state index contributed by atoms with van der Waals surface area (Å²) < 4.78 is 0. The summed E-state index contributed by atoms with van der Waals surface area (Å²) in [5.41, 5.74) is 3.41. The molecule has 16 heavy (non-hydrogen) atoms. The highest BCUT2D eigenvalue weighted by Gasteiger charge is 1.98. The largest absolute Gasteiger partial charge is 0.288 e. The number of benzene rings is 1. The highest BCUT2D eigenvalue weighted by atomic mass is 16.5. The van der Waals surface area contributed by atoms with Gasteiger partial charge in [0.25, 0.3) is 0 Å². The van der Waals surface area contributed by atoms with Crippen molar-refractivity contribution in [1.82, 2.24) is 5.06 Å². The Morgan fingerprint density at radius 1 is 1.44 bits per heavy atom. The molecule has 3 heteroatoms. The zero-order chi connectivity index (χ0) is 12.0. The molecule has 3 nitrogen and oxygen atoms in total. The molecule has 0 fully saturated rings. The topological polar surface area (TPSA) is 35.8 Å². The Morgan fingerprint density at radius 2 is 2.19 bits per heavy atom. The number of nitrogens with zero attached hydrogens (tertiary/aromatic N) is 2. The molecule has 1 aromatic rings. The molecule has 0 atom stereocenters. The maximum Gasteiger partial charge on any atom is 0.116 e. The summed E-state index contributed by atoms with van der Waals surface area (Å²) >= 11 is 0. The van der Waals surface area contributed by atoms with Crippen LogP contribution in [0.5, 0.6) is 0 Å². The molecule has 0 saturated heterocycles. The normalized spacial score (nSPS) is 11.0. The number of rotatable bonds is 5. The summed E-state index contributed by atoms with van der Waals surface area (Å²) in [6, 6.07) is 6.27. The Bertz CT molecular complexity index is 359. The molecule has 1 N–H and O–H groups in total. The second-order valence-electron chi connectivity index (χ2n) is 4.04. The van der Waals surface area contributed by atoms with E-state index in [9.17, 15) is 0 Å². The maximum absolute atomic E-state index is 8.96. The van der Waals surface area contributed by atoms with E-state index in [0.29, 0.717) is 0 Å². The van der Waals surface area contributed by atoms with E-state index >= 15 is 0 Å². The van der Waals surface area contributed by atoms with Crippen molar-refractivity contribution in [1.29, 1.82) is 0 Å². The van der Waals surface area contributed by atoms with E-state index in [1.54, 1.807) is 0 Å². The fourth-order valence-corrected chi connectivity index (χ4v) is 1.54. The quantitative estimate of drug-likeness (QED) is 0.469. The predicted molar refractivity (Wildman–Crippen MR) is 67.5 cm³/mol. The molecule has 0 spiro atoms. The van der Waals surface area contributed by atoms with Crippen LogP contribution in [0.15, 0.2) is 23.2 Å². The third-order valence-electron chi connectivity index (χ3n) is 2.44. The Morgan fingerprint density at radius 3 is 2.75 bits per heavy atom. The van der Waals surface area contributed by atoms with Crippen LogP contribution in [0.4, 0.5) is 5.69 Å². The van der Waals surface area contributed by atoms with Crippen LogP contribution >= 0.6 is 0 Å². The SMILES string of the molecule is CCCCc1ccc(/N=C/N(C)O)c(C)c1. The molecule has 0 aromatic heterocycles. The van der Waals surface area contributed by atoms with Crippen LogP contribution in [0, 0.1) is 6.92 Å². The van der Waals surface area contributed by atoms with Gasteiger partial charge in [-0.25, -0.2) is 10.1 Å².